The smallest absolute Gasteiger partial charge is 0.154 e. The number of nitrogens with two attached hydrogens (primary N) is 1. The van der Waals surface area contributed by atoms with Crippen LogP contribution >= 0.6 is 0 Å². The van der Waals surface area contributed by atoms with E-state index in [0.29, 0.717) is 17.3 Å². The van der Waals surface area contributed by atoms with Gasteiger partial charge in [-0.15, -0.1) is 0 Å². The number of nitrogen functional groups attached to an aromatic ring is 1. The molecule has 2 heterocycles. The first-order valence-corrected chi connectivity index (χ1v) is 6.63. The van der Waals surface area contributed by atoms with Crippen LogP contribution in [0.3, 0.4) is 0 Å². The summed E-state index contributed by atoms with van der Waals surface area (Å²) in [6.45, 7) is 5.66. The normalized spacial score (nSPS) is 16.3. The second-order valence-corrected chi connectivity index (χ2v) is 4.47. The van der Waals surface area contributed by atoms with E-state index in [-0.39, 0.29) is 0 Å². The first-order valence-electron chi connectivity index (χ1n) is 6.63. The van der Waals surface area contributed by atoms with Gasteiger partial charge in [0.15, 0.2) is 11.6 Å². The molecule has 0 atom stereocenters. The fourth-order valence-corrected chi connectivity index (χ4v) is 2.07. The molecule has 1 fully saturated rings. The van der Waals surface area contributed by atoms with Crippen molar-refractivity contribution in [3.8, 4) is 0 Å². The molecule has 0 bridgehead atoms. The van der Waals surface area contributed by atoms with E-state index in [4.69, 9.17) is 10.5 Å². The maximum absolute atomic E-state index is 5.94. The van der Waals surface area contributed by atoms with Crippen molar-refractivity contribution >= 4 is 17.3 Å². The molecule has 7 heteroatoms. The van der Waals surface area contributed by atoms with Crippen molar-refractivity contribution in [1.82, 2.24) is 14.9 Å². The predicted octanol–water partition coefficient (Wildman–Crippen LogP) is 0.235. The molecule has 0 spiro atoms. The van der Waals surface area contributed by atoms with Gasteiger partial charge in [-0.1, -0.05) is 0 Å². The molecule has 7 nitrogen and oxygen atoms in total. The Morgan fingerprint density at radius 3 is 2.79 bits per heavy atom. The Kier molecular flexibility index (Phi) is 5.17. The number of hydrogen-bond acceptors (Lipinski definition) is 7. The summed E-state index contributed by atoms with van der Waals surface area (Å²) in [5.74, 6) is 1.35. The average Bonchev–Trinajstić information content (AvgIpc) is 2.46. The number of morpholine rings is 1. The third-order valence-corrected chi connectivity index (χ3v) is 3.17. The van der Waals surface area contributed by atoms with E-state index in [0.717, 1.165) is 45.8 Å². The average molecular weight is 266 g/mol. The third-order valence-electron chi connectivity index (χ3n) is 3.17. The third kappa shape index (κ3) is 3.93. The van der Waals surface area contributed by atoms with Crippen LogP contribution in [0.2, 0.25) is 0 Å². The minimum absolute atomic E-state index is 0.566. The topological polar surface area (TPSA) is 88.3 Å². The Balaban J connectivity index is 1.73. The molecule has 0 radical (unpaired) electrons. The molecular weight excluding hydrogens is 244 g/mol. The fourth-order valence-electron chi connectivity index (χ4n) is 2.07. The number of ether oxygens (including phenoxy) is 1. The lowest BCUT2D eigenvalue weighted by Crippen LogP contribution is -2.37. The van der Waals surface area contributed by atoms with Crippen molar-refractivity contribution in [2.24, 2.45) is 0 Å². The number of anilines is 3. The molecule has 19 heavy (non-hydrogen) atoms. The first kappa shape index (κ1) is 13.8. The van der Waals surface area contributed by atoms with Gasteiger partial charge in [0, 0.05) is 26.7 Å². The summed E-state index contributed by atoms with van der Waals surface area (Å²) in [6, 6.07) is 0. The van der Waals surface area contributed by atoms with Gasteiger partial charge in [-0.25, -0.2) is 9.97 Å². The number of aromatic nitrogens is 2. The fraction of sp³-hybridized carbons (Fsp3) is 0.667. The van der Waals surface area contributed by atoms with E-state index in [1.54, 1.807) is 7.05 Å². The SMILES string of the molecule is CNc1ncnc(NCCCN2CCOCC2)c1N. The van der Waals surface area contributed by atoms with Crippen molar-refractivity contribution in [3.63, 3.8) is 0 Å². The lowest BCUT2D eigenvalue weighted by molar-refractivity contribution is 0.0378. The van der Waals surface area contributed by atoms with Crippen molar-refractivity contribution in [3.05, 3.63) is 6.33 Å². The standard InChI is InChI=1S/C12H22N6O/c1-14-11-10(13)12(17-9-16-11)15-3-2-4-18-5-7-19-8-6-18/h9H,2-8,13H2,1H3,(H2,14,15,16,17). The Labute approximate surface area is 113 Å². The summed E-state index contributed by atoms with van der Waals surface area (Å²) in [6.07, 6.45) is 2.56. The van der Waals surface area contributed by atoms with Crippen LogP contribution in [0.25, 0.3) is 0 Å². The number of rotatable bonds is 6. The second kappa shape index (κ2) is 7.10. The van der Waals surface area contributed by atoms with Crippen molar-refractivity contribution < 1.29 is 4.74 Å². The Morgan fingerprint density at radius 1 is 1.32 bits per heavy atom. The molecule has 1 aromatic rings. The van der Waals surface area contributed by atoms with Crippen LogP contribution in [0, 0.1) is 0 Å². The van der Waals surface area contributed by atoms with Gasteiger partial charge in [0.2, 0.25) is 0 Å². The Bertz CT molecular complexity index is 394. The second-order valence-electron chi connectivity index (χ2n) is 4.47. The molecular formula is C12H22N6O. The zero-order chi connectivity index (χ0) is 13.5. The minimum Gasteiger partial charge on any atom is -0.393 e. The zero-order valence-electron chi connectivity index (χ0n) is 11.4. The van der Waals surface area contributed by atoms with E-state index in [1.165, 1.54) is 6.33 Å². The molecule has 0 aliphatic carbocycles. The molecule has 2 rings (SSSR count). The first-order chi connectivity index (χ1) is 9.31. The highest BCUT2D eigenvalue weighted by atomic mass is 16.5. The van der Waals surface area contributed by atoms with Gasteiger partial charge in [-0.2, -0.15) is 0 Å². The van der Waals surface area contributed by atoms with Crippen molar-refractivity contribution in [2.45, 2.75) is 6.42 Å². The zero-order valence-corrected chi connectivity index (χ0v) is 11.4. The summed E-state index contributed by atoms with van der Waals surface area (Å²) in [7, 11) is 1.79. The largest absolute Gasteiger partial charge is 0.393 e. The van der Waals surface area contributed by atoms with E-state index in [1.807, 2.05) is 0 Å². The van der Waals surface area contributed by atoms with Crippen LogP contribution in [0.4, 0.5) is 17.3 Å². The molecule has 106 valence electrons. The highest BCUT2D eigenvalue weighted by molar-refractivity contribution is 5.73. The molecule has 0 saturated carbocycles. The van der Waals surface area contributed by atoms with Crippen LogP contribution in [0.1, 0.15) is 6.42 Å². The number of nitrogens with one attached hydrogen (secondary N) is 2. The molecule has 0 aromatic carbocycles. The number of nitrogens with zero attached hydrogens (tertiary/aromatic N) is 3. The summed E-state index contributed by atoms with van der Waals surface area (Å²) in [5.41, 5.74) is 6.51. The Morgan fingerprint density at radius 2 is 2.05 bits per heavy atom. The van der Waals surface area contributed by atoms with Crippen LogP contribution in [0.5, 0.6) is 0 Å². The summed E-state index contributed by atoms with van der Waals surface area (Å²) >= 11 is 0. The monoisotopic (exact) mass is 266 g/mol. The summed E-state index contributed by atoms with van der Waals surface area (Å²) < 4.78 is 5.32. The molecule has 1 aliphatic rings. The van der Waals surface area contributed by atoms with Gasteiger partial charge in [0.05, 0.1) is 13.2 Å². The van der Waals surface area contributed by atoms with E-state index in [2.05, 4.69) is 25.5 Å². The van der Waals surface area contributed by atoms with Crippen LogP contribution < -0.4 is 16.4 Å². The van der Waals surface area contributed by atoms with Gasteiger partial charge >= 0.3 is 0 Å². The van der Waals surface area contributed by atoms with Gasteiger partial charge in [0.1, 0.15) is 12.0 Å². The Hall–Kier alpha value is -1.60. The molecule has 4 N–H and O–H groups in total. The quantitative estimate of drug-likeness (QED) is 0.635. The highest BCUT2D eigenvalue weighted by Crippen LogP contribution is 2.21. The maximum atomic E-state index is 5.94. The van der Waals surface area contributed by atoms with E-state index >= 15 is 0 Å². The van der Waals surface area contributed by atoms with Crippen LogP contribution in [-0.4, -0.2) is 61.3 Å². The predicted molar refractivity (Wildman–Crippen MR) is 76.4 cm³/mol. The molecule has 1 aromatic heterocycles. The molecule has 1 aliphatic heterocycles. The van der Waals surface area contributed by atoms with Crippen LogP contribution in [0.15, 0.2) is 6.33 Å². The molecule has 1 saturated heterocycles. The number of hydrogen-bond donors (Lipinski definition) is 3. The van der Waals surface area contributed by atoms with Crippen LogP contribution in [-0.2, 0) is 4.74 Å². The maximum Gasteiger partial charge on any atom is 0.154 e. The summed E-state index contributed by atoms with van der Waals surface area (Å²) in [4.78, 5) is 10.6. The molecule has 0 amide bonds. The van der Waals surface area contributed by atoms with E-state index < -0.39 is 0 Å². The summed E-state index contributed by atoms with van der Waals surface area (Å²) in [5, 5.41) is 6.19. The van der Waals surface area contributed by atoms with E-state index in [9.17, 15) is 0 Å². The molecule has 0 unspecified atom stereocenters. The van der Waals surface area contributed by atoms with Crippen molar-refractivity contribution in [2.75, 3.05) is 62.8 Å². The lowest BCUT2D eigenvalue weighted by Gasteiger charge is -2.26. The van der Waals surface area contributed by atoms with Gasteiger partial charge in [0.25, 0.3) is 0 Å². The van der Waals surface area contributed by atoms with Gasteiger partial charge in [-0.3, -0.25) is 4.90 Å². The lowest BCUT2D eigenvalue weighted by atomic mass is 10.3. The van der Waals surface area contributed by atoms with Crippen molar-refractivity contribution in [1.29, 1.82) is 0 Å². The minimum atomic E-state index is 0.566. The van der Waals surface area contributed by atoms with Gasteiger partial charge in [-0.05, 0) is 13.0 Å². The van der Waals surface area contributed by atoms with Gasteiger partial charge < -0.3 is 21.1 Å². The highest BCUT2D eigenvalue weighted by Gasteiger charge is 2.10.